The monoisotopic (exact) mass is 1140 g/mol. The van der Waals surface area contributed by atoms with E-state index in [1.807, 2.05) is 13.8 Å². The van der Waals surface area contributed by atoms with Gasteiger partial charge in [-0.1, -0.05) is 91.3 Å². The Bertz CT molecular complexity index is 3560. The van der Waals surface area contributed by atoms with Gasteiger partial charge in [0.2, 0.25) is 0 Å². The molecule has 2 amide bonds. The van der Waals surface area contributed by atoms with E-state index in [2.05, 4.69) is 31.1 Å². The number of hydrogen-bond acceptors (Lipinski definition) is 15. The molecular weight excluding hydrogens is 1100 g/mol. The maximum absolute atomic E-state index is 13.4. The molecule has 23 heteroatoms. The standard InChI is InChI=1S/2C27H24ClN3O6S.Ca/c2*1-3-16-13-18(28)15-23(38(34,35)36)24(16)30-31-25-21-8-6-5-7-17(21)14-22(26(25)32)27(33)29-19-9-11-20(12-10-19)37-4-2;/h2*5-15,32H,3-4H2,1-2H3,(H,29,33)(H,34,35,36);/q;;+2/p-2. The van der Waals surface area contributed by atoms with Crippen molar-refractivity contribution in [2.45, 2.75) is 50.3 Å². The third-order valence-corrected chi connectivity index (χ3v) is 13.5. The predicted octanol–water partition coefficient (Wildman–Crippen LogP) is 12.8. The predicted molar refractivity (Wildman–Crippen MR) is 294 cm³/mol. The minimum absolute atomic E-state index is 0. The first-order valence-electron chi connectivity index (χ1n) is 23.2. The molecule has 0 radical (unpaired) electrons. The van der Waals surface area contributed by atoms with Crippen LogP contribution in [0.1, 0.15) is 59.5 Å². The number of fused-ring (bicyclic) bond motifs is 2. The van der Waals surface area contributed by atoms with Crippen molar-refractivity contribution in [3.8, 4) is 23.0 Å². The van der Waals surface area contributed by atoms with Crippen LogP contribution in [0.25, 0.3) is 21.5 Å². The minimum atomic E-state index is -4.95. The van der Waals surface area contributed by atoms with Gasteiger partial charge in [-0.3, -0.25) is 14.1 Å². The number of rotatable bonds is 16. The van der Waals surface area contributed by atoms with Gasteiger partial charge in [0.1, 0.15) is 43.6 Å². The molecule has 0 unspecified atom stereocenters. The number of ether oxygens (including phenoxy) is 2. The van der Waals surface area contributed by atoms with Crippen LogP contribution in [-0.4, -0.2) is 93.8 Å². The molecule has 0 saturated carbocycles. The molecule has 392 valence electrons. The maximum atomic E-state index is 13.4. The first kappa shape index (κ1) is 59.5. The van der Waals surface area contributed by atoms with Crippen LogP contribution < -0.4 is 25.2 Å². The molecule has 4 N–H and O–H groups in total. The van der Waals surface area contributed by atoms with E-state index in [1.54, 1.807) is 111 Å². The van der Waals surface area contributed by atoms with Crippen LogP contribution >= 0.6 is 23.2 Å². The Kier molecular flexibility index (Phi) is 20.2. The molecule has 0 heterocycles. The van der Waals surface area contributed by atoms with E-state index < -0.39 is 53.3 Å². The second-order valence-electron chi connectivity index (χ2n) is 16.3. The Morgan fingerprint density at radius 3 is 1.43 bits per heavy atom. The van der Waals surface area contributed by atoms with Crippen LogP contribution in [0.15, 0.2) is 164 Å². The van der Waals surface area contributed by atoms with Gasteiger partial charge < -0.3 is 34.9 Å². The summed E-state index contributed by atoms with van der Waals surface area (Å²) in [5.74, 6) is -1.12. The van der Waals surface area contributed by atoms with Gasteiger partial charge in [0, 0.05) is 37.8 Å². The van der Waals surface area contributed by atoms with Gasteiger partial charge in [0.15, 0.2) is 5.75 Å². The summed E-state index contributed by atoms with van der Waals surface area (Å²) in [7, 11) is -9.63. The second kappa shape index (κ2) is 26.1. The topological polar surface area (TPSA) is 281 Å². The van der Waals surface area contributed by atoms with E-state index in [9.17, 15) is 45.7 Å². The van der Waals surface area contributed by atoms with Crippen LogP contribution in [0.3, 0.4) is 0 Å². The van der Waals surface area contributed by atoms with Gasteiger partial charge in [-0.15, -0.1) is 15.3 Å². The number of azo groups is 2. The van der Waals surface area contributed by atoms with Crippen molar-refractivity contribution in [1.82, 2.24) is 0 Å². The van der Waals surface area contributed by atoms with Crippen molar-refractivity contribution in [3.63, 3.8) is 0 Å². The number of amides is 2. The number of hydrogen-bond donors (Lipinski definition) is 4. The summed E-state index contributed by atoms with van der Waals surface area (Å²) in [5, 5.41) is 48.5. The van der Waals surface area contributed by atoms with E-state index in [-0.39, 0.29) is 81.7 Å². The number of phenols is 1. The molecule has 0 aliphatic rings. The van der Waals surface area contributed by atoms with E-state index in [4.69, 9.17) is 32.7 Å². The number of nitrogens with one attached hydrogen (secondary N) is 2. The van der Waals surface area contributed by atoms with Gasteiger partial charge in [0.25, 0.3) is 21.9 Å². The molecule has 77 heavy (non-hydrogen) atoms. The Morgan fingerprint density at radius 2 is 0.974 bits per heavy atom. The summed E-state index contributed by atoms with van der Waals surface area (Å²) in [6, 6.07) is 35.1. The Morgan fingerprint density at radius 1 is 0.571 bits per heavy atom. The number of aryl methyl sites for hydroxylation is 2. The first-order valence-corrected chi connectivity index (χ1v) is 26.8. The molecule has 0 atom stereocenters. The summed E-state index contributed by atoms with van der Waals surface area (Å²) in [5.41, 5.74) is 0.924. The molecule has 0 saturated heterocycles. The Hall–Kier alpha value is -6.72. The fraction of sp³-hybridized carbons (Fsp3) is 0.148. The number of carbonyl (C=O) groups excluding carboxylic acids is 2. The molecule has 0 bridgehead atoms. The average Bonchev–Trinajstić information content (AvgIpc) is 3.39. The summed E-state index contributed by atoms with van der Waals surface area (Å²) in [4.78, 5) is 25.1. The number of phenolic OH excluding ortho intramolecular Hbond substituents is 1. The van der Waals surface area contributed by atoms with Crippen LogP contribution in [-0.2, 0) is 33.1 Å². The van der Waals surface area contributed by atoms with Crippen LogP contribution in [0.2, 0.25) is 10.0 Å². The van der Waals surface area contributed by atoms with E-state index >= 15 is 0 Å². The van der Waals surface area contributed by atoms with Crippen LogP contribution in [0.5, 0.6) is 23.0 Å². The molecule has 0 aliphatic carbocycles. The normalized spacial score (nSPS) is 11.5. The second-order valence-corrected chi connectivity index (χ2v) is 20.0. The third kappa shape index (κ3) is 14.5. The quantitative estimate of drug-likeness (QED) is 0.0399. The number of nitrogens with zero attached hydrogens (tertiary/aromatic N) is 4. The average molecular weight is 1150 g/mol. The molecule has 0 aliphatic heterocycles. The number of carbonyl (C=O) groups is 2. The molecule has 8 aromatic rings. The minimum Gasteiger partial charge on any atom is -0.870 e. The van der Waals surface area contributed by atoms with E-state index in [0.717, 1.165) is 12.1 Å². The molecule has 0 fully saturated rings. The number of aromatic hydroxyl groups is 1. The molecule has 0 aromatic heterocycles. The van der Waals surface area contributed by atoms with Crippen molar-refractivity contribution in [1.29, 1.82) is 0 Å². The molecule has 0 spiro atoms. The summed E-state index contributed by atoms with van der Waals surface area (Å²) in [6.45, 7) is 8.22. The van der Waals surface area contributed by atoms with Gasteiger partial charge in [-0.25, -0.2) is 8.42 Å². The largest absolute Gasteiger partial charge is 2.00 e. The summed E-state index contributed by atoms with van der Waals surface area (Å²) >= 11 is 12.0. The van der Waals surface area contributed by atoms with Crippen molar-refractivity contribution in [2.75, 3.05) is 23.8 Å². The van der Waals surface area contributed by atoms with Crippen LogP contribution in [0, 0.1) is 0 Å². The van der Waals surface area contributed by atoms with Gasteiger partial charge in [0.05, 0.1) is 29.4 Å². The maximum Gasteiger partial charge on any atom is 2.00 e. The van der Waals surface area contributed by atoms with Crippen LogP contribution in [0.4, 0.5) is 34.1 Å². The zero-order valence-electron chi connectivity index (χ0n) is 41.6. The fourth-order valence-corrected chi connectivity index (χ4v) is 9.76. The van der Waals surface area contributed by atoms with Crippen molar-refractivity contribution >= 4 is 149 Å². The van der Waals surface area contributed by atoms with Crippen molar-refractivity contribution in [2.24, 2.45) is 20.5 Å². The first-order chi connectivity index (χ1) is 36.2. The zero-order valence-corrected chi connectivity index (χ0v) is 46.9. The van der Waals surface area contributed by atoms with Crippen molar-refractivity contribution < 1.29 is 55.2 Å². The van der Waals surface area contributed by atoms with Crippen molar-refractivity contribution in [3.05, 3.63) is 166 Å². The Balaban J connectivity index is 0.000000246. The molecule has 8 aromatic carbocycles. The zero-order chi connectivity index (χ0) is 54.9. The van der Waals surface area contributed by atoms with Gasteiger partial charge in [-0.2, -0.15) is 13.5 Å². The smallest absolute Gasteiger partial charge is 0.870 e. The third-order valence-electron chi connectivity index (χ3n) is 11.4. The van der Waals surface area contributed by atoms with Gasteiger partial charge in [-0.05, 0) is 134 Å². The van der Waals surface area contributed by atoms with E-state index in [1.165, 1.54) is 24.3 Å². The fourth-order valence-electron chi connectivity index (χ4n) is 7.78. The SMILES string of the molecule is CCOc1ccc(NC(=O)c2cc3ccccc3c(N=Nc3c(CC)cc(Cl)cc3S(=O)(=O)O)c2O)cc1.CCOc1ccc(NC(=O)c2cc3ccccc3c(N=Nc3c(CC)cc(Cl)cc3S(=O)(=O)[O-])c2[O-])cc1.[Ca+2]. The molecule has 8 rings (SSSR count). The summed E-state index contributed by atoms with van der Waals surface area (Å²) < 4.78 is 80.3. The molecular formula is C54H46CaCl2N6O12S2. The summed E-state index contributed by atoms with van der Waals surface area (Å²) in [6.07, 6.45) is 0.641. The number of halogens is 2. The number of benzene rings is 8. The molecule has 18 nitrogen and oxygen atoms in total. The number of anilines is 2. The Labute approximate surface area is 483 Å². The van der Waals surface area contributed by atoms with Gasteiger partial charge >= 0.3 is 37.7 Å². The van der Waals surface area contributed by atoms with E-state index in [0.29, 0.717) is 81.6 Å².